The van der Waals surface area contributed by atoms with Gasteiger partial charge >= 0.3 is 0 Å². The van der Waals surface area contributed by atoms with Crippen LogP contribution in [-0.4, -0.2) is 28.0 Å². The molecule has 0 spiro atoms. The van der Waals surface area contributed by atoms with Crippen molar-refractivity contribution >= 4 is 5.82 Å². The van der Waals surface area contributed by atoms with Gasteiger partial charge in [-0.25, -0.2) is 4.98 Å². The summed E-state index contributed by atoms with van der Waals surface area (Å²) in [6.45, 7) is 1.53. The fourth-order valence-electron chi connectivity index (χ4n) is 2.02. The summed E-state index contributed by atoms with van der Waals surface area (Å²) in [6, 6.07) is 6.62. The molecule has 1 fully saturated rings. The smallest absolute Gasteiger partial charge is 0.147 e. The molecule has 5 heteroatoms. The predicted octanol–water partition coefficient (Wildman–Crippen LogP) is 1.76. The van der Waals surface area contributed by atoms with Crippen molar-refractivity contribution in [2.24, 2.45) is 0 Å². The average molecular weight is 269 g/mol. The van der Waals surface area contributed by atoms with Gasteiger partial charge in [-0.2, -0.15) is 0 Å². The molecule has 1 aliphatic rings. The van der Waals surface area contributed by atoms with Crippen LogP contribution in [0.4, 0.5) is 5.82 Å². The minimum Gasteiger partial charge on any atom is -0.352 e. The highest BCUT2D eigenvalue weighted by atomic mass is 15.2. The molecule has 5 nitrogen and oxygen atoms in total. The summed E-state index contributed by atoms with van der Waals surface area (Å²) < 4.78 is 0. The number of nitrogens with one attached hydrogen (secondary N) is 1. The first-order valence-electron chi connectivity index (χ1n) is 6.96. The lowest BCUT2D eigenvalue weighted by Crippen LogP contribution is -2.21. The zero-order valence-electron chi connectivity index (χ0n) is 11.7. The Hall–Kier alpha value is -2.01. The van der Waals surface area contributed by atoms with Crippen molar-refractivity contribution in [1.29, 1.82) is 0 Å². The van der Waals surface area contributed by atoms with Crippen LogP contribution < -0.4 is 10.2 Å². The molecule has 104 valence electrons. The van der Waals surface area contributed by atoms with Gasteiger partial charge in [0.15, 0.2) is 0 Å². The minimum atomic E-state index is 0.687. The minimum absolute atomic E-state index is 0.687. The summed E-state index contributed by atoms with van der Waals surface area (Å²) in [5, 5.41) is 3.46. The standard InChI is InChI=1S/C15H19N5/c1-20(11-13-4-2-3-7-17-13)15-10-16-8-14(19-15)9-18-12-5-6-12/h2-4,7-8,10,12,18H,5-6,9,11H2,1H3. The van der Waals surface area contributed by atoms with Crippen molar-refractivity contribution in [1.82, 2.24) is 20.3 Å². The highest BCUT2D eigenvalue weighted by molar-refractivity contribution is 5.35. The van der Waals surface area contributed by atoms with Gasteiger partial charge in [0, 0.05) is 32.0 Å². The second-order valence-corrected chi connectivity index (χ2v) is 5.20. The summed E-state index contributed by atoms with van der Waals surface area (Å²) >= 11 is 0. The average Bonchev–Trinajstić information content (AvgIpc) is 3.31. The second kappa shape index (κ2) is 5.96. The first kappa shape index (κ1) is 13.0. The molecule has 2 aromatic rings. The van der Waals surface area contributed by atoms with Crippen LogP contribution in [0.25, 0.3) is 0 Å². The van der Waals surface area contributed by atoms with E-state index in [1.54, 1.807) is 6.20 Å². The van der Waals surface area contributed by atoms with Gasteiger partial charge in [-0.3, -0.25) is 9.97 Å². The van der Waals surface area contributed by atoms with E-state index in [1.807, 2.05) is 37.6 Å². The van der Waals surface area contributed by atoms with Crippen LogP contribution in [0, 0.1) is 0 Å². The molecular formula is C15H19N5. The van der Waals surface area contributed by atoms with E-state index < -0.39 is 0 Å². The van der Waals surface area contributed by atoms with E-state index in [-0.39, 0.29) is 0 Å². The van der Waals surface area contributed by atoms with Crippen molar-refractivity contribution in [3.8, 4) is 0 Å². The molecule has 0 amide bonds. The summed E-state index contributed by atoms with van der Waals surface area (Å²) in [5.74, 6) is 0.880. The topological polar surface area (TPSA) is 53.9 Å². The number of pyridine rings is 1. The molecule has 0 bridgehead atoms. The molecule has 2 aromatic heterocycles. The molecule has 1 aliphatic carbocycles. The van der Waals surface area contributed by atoms with E-state index in [9.17, 15) is 0 Å². The van der Waals surface area contributed by atoms with Crippen LogP contribution in [0.2, 0.25) is 0 Å². The van der Waals surface area contributed by atoms with E-state index in [0.29, 0.717) is 6.04 Å². The maximum absolute atomic E-state index is 4.64. The molecule has 0 radical (unpaired) electrons. The third kappa shape index (κ3) is 3.51. The van der Waals surface area contributed by atoms with Crippen molar-refractivity contribution in [3.05, 3.63) is 48.2 Å². The van der Waals surface area contributed by atoms with Gasteiger partial charge < -0.3 is 10.2 Å². The highest BCUT2D eigenvalue weighted by Gasteiger charge is 2.20. The Morgan fingerprint density at radius 3 is 2.90 bits per heavy atom. The number of aromatic nitrogens is 3. The number of rotatable bonds is 6. The maximum Gasteiger partial charge on any atom is 0.147 e. The van der Waals surface area contributed by atoms with Gasteiger partial charge in [-0.05, 0) is 25.0 Å². The van der Waals surface area contributed by atoms with Crippen molar-refractivity contribution in [3.63, 3.8) is 0 Å². The van der Waals surface area contributed by atoms with E-state index in [4.69, 9.17) is 0 Å². The first-order valence-corrected chi connectivity index (χ1v) is 6.96. The Labute approximate surface area is 119 Å². The number of anilines is 1. The molecule has 1 N–H and O–H groups in total. The van der Waals surface area contributed by atoms with Gasteiger partial charge in [-0.15, -0.1) is 0 Å². The van der Waals surface area contributed by atoms with Crippen molar-refractivity contribution < 1.29 is 0 Å². The SMILES string of the molecule is CN(Cc1ccccn1)c1cncc(CNC2CC2)n1. The lowest BCUT2D eigenvalue weighted by atomic mass is 10.3. The molecule has 0 saturated heterocycles. The Balaban J connectivity index is 1.64. The quantitative estimate of drug-likeness (QED) is 0.866. The van der Waals surface area contributed by atoms with Crippen LogP contribution in [0.5, 0.6) is 0 Å². The van der Waals surface area contributed by atoms with E-state index in [0.717, 1.165) is 30.3 Å². The number of nitrogens with zero attached hydrogens (tertiary/aromatic N) is 4. The summed E-state index contributed by atoms with van der Waals surface area (Å²) in [4.78, 5) is 15.3. The van der Waals surface area contributed by atoms with Gasteiger partial charge in [0.25, 0.3) is 0 Å². The zero-order chi connectivity index (χ0) is 13.8. The van der Waals surface area contributed by atoms with Crippen LogP contribution >= 0.6 is 0 Å². The molecule has 1 saturated carbocycles. The van der Waals surface area contributed by atoms with Crippen LogP contribution in [-0.2, 0) is 13.1 Å². The molecule has 0 aliphatic heterocycles. The maximum atomic E-state index is 4.64. The van der Waals surface area contributed by atoms with E-state index >= 15 is 0 Å². The number of hydrogen-bond donors (Lipinski definition) is 1. The molecule has 0 atom stereocenters. The fraction of sp³-hybridized carbons (Fsp3) is 0.400. The van der Waals surface area contributed by atoms with E-state index in [2.05, 4.69) is 25.2 Å². The highest BCUT2D eigenvalue weighted by Crippen LogP contribution is 2.19. The van der Waals surface area contributed by atoms with Crippen LogP contribution in [0.3, 0.4) is 0 Å². The monoisotopic (exact) mass is 269 g/mol. The Bertz CT molecular complexity index is 553. The van der Waals surface area contributed by atoms with E-state index in [1.165, 1.54) is 12.8 Å². The third-order valence-electron chi connectivity index (χ3n) is 3.34. The Morgan fingerprint density at radius 1 is 1.25 bits per heavy atom. The van der Waals surface area contributed by atoms with Gasteiger partial charge in [-0.1, -0.05) is 6.07 Å². The van der Waals surface area contributed by atoms with Gasteiger partial charge in [0.2, 0.25) is 0 Å². The Kier molecular flexibility index (Phi) is 3.87. The predicted molar refractivity (Wildman–Crippen MR) is 78.2 cm³/mol. The molecule has 0 unspecified atom stereocenters. The molecule has 20 heavy (non-hydrogen) atoms. The molecule has 0 aromatic carbocycles. The molecular weight excluding hydrogens is 250 g/mol. The fourth-order valence-corrected chi connectivity index (χ4v) is 2.02. The molecule has 3 rings (SSSR count). The lowest BCUT2D eigenvalue weighted by Gasteiger charge is -2.17. The van der Waals surface area contributed by atoms with Gasteiger partial charge in [0.1, 0.15) is 5.82 Å². The molecule has 2 heterocycles. The van der Waals surface area contributed by atoms with Gasteiger partial charge in [0.05, 0.1) is 24.1 Å². The lowest BCUT2D eigenvalue weighted by molar-refractivity contribution is 0.670. The number of hydrogen-bond acceptors (Lipinski definition) is 5. The summed E-state index contributed by atoms with van der Waals surface area (Å²) in [7, 11) is 2.01. The second-order valence-electron chi connectivity index (χ2n) is 5.20. The summed E-state index contributed by atoms with van der Waals surface area (Å²) in [6.07, 6.45) is 8.00. The third-order valence-corrected chi connectivity index (χ3v) is 3.34. The first-order chi connectivity index (χ1) is 9.81. The van der Waals surface area contributed by atoms with Crippen molar-refractivity contribution in [2.75, 3.05) is 11.9 Å². The van der Waals surface area contributed by atoms with Crippen molar-refractivity contribution in [2.45, 2.75) is 32.0 Å². The zero-order valence-corrected chi connectivity index (χ0v) is 11.7. The van der Waals surface area contributed by atoms with Crippen LogP contribution in [0.15, 0.2) is 36.8 Å². The normalized spacial score (nSPS) is 14.2. The summed E-state index contributed by atoms with van der Waals surface area (Å²) in [5.41, 5.74) is 2.01. The van der Waals surface area contributed by atoms with Crippen LogP contribution in [0.1, 0.15) is 24.2 Å². The largest absolute Gasteiger partial charge is 0.352 e. The Morgan fingerprint density at radius 2 is 2.15 bits per heavy atom.